The highest BCUT2D eigenvalue weighted by molar-refractivity contribution is 5.15. The standard InChI is InChI=1S/C14H26N2O/c1-6-14(3,10-15-4)11-16(5)9-13-7-8-17-12(13)2/h7-8,15H,6,9-11H2,1-5H3. The van der Waals surface area contributed by atoms with E-state index in [1.54, 1.807) is 6.26 Å². The van der Waals surface area contributed by atoms with Gasteiger partial charge in [-0.05, 0) is 38.9 Å². The van der Waals surface area contributed by atoms with Gasteiger partial charge in [0.15, 0.2) is 0 Å². The lowest BCUT2D eigenvalue weighted by atomic mass is 9.87. The van der Waals surface area contributed by atoms with Gasteiger partial charge in [-0.25, -0.2) is 0 Å². The van der Waals surface area contributed by atoms with Gasteiger partial charge in [-0.3, -0.25) is 0 Å². The van der Waals surface area contributed by atoms with E-state index < -0.39 is 0 Å². The van der Waals surface area contributed by atoms with Crippen LogP contribution in [0.4, 0.5) is 0 Å². The minimum absolute atomic E-state index is 0.334. The topological polar surface area (TPSA) is 28.4 Å². The molecule has 1 aromatic rings. The summed E-state index contributed by atoms with van der Waals surface area (Å²) in [6.07, 6.45) is 2.95. The van der Waals surface area contributed by atoms with Crippen molar-refractivity contribution in [1.29, 1.82) is 0 Å². The Balaban J connectivity index is 2.53. The lowest BCUT2D eigenvalue weighted by molar-refractivity contribution is 0.177. The third kappa shape index (κ3) is 4.17. The first-order chi connectivity index (χ1) is 8.00. The van der Waals surface area contributed by atoms with E-state index in [-0.39, 0.29) is 0 Å². The summed E-state index contributed by atoms with van der Waals surface area (Å²) in [5.41, 5.74) is 1.62. The summed E-state index contributed by atoms with van der Waals surface area (Å²) < 4.78 is 5.33. The number of hydrogen-bond donors (Lipinski definition) is 1. The maximum atomic E-state index is 5.33. The minimum Gasteiger partial charge on any atom is -0.469 e. The summed E-state index contributed by atoms with van der Waals surface area (Å²) in [5, 5.41) is 3.29. The molecular formula is C14H26N2O. The Morgan fingerprint density at radius 2 is 2.18 bits per heavy atom. The Bertz CT molecular complexity index is 335. The number of rotatable bonds is 7. The molecule has 0 aliphatic heterocycles. The maximum absolute atomic E-state index is 5.33. The zero-order chi connectivity index (χ0) is 12.9. The molecule has 0 aliphatic rings. The van der Waals surface area contributed by atoms with E-state index in [0.29, 0.717) is 5.41 Å². The molecule has 0 saturated heterocycles. The number of nitrogens with one attached hydrogen (secondary N) is 1. The number of nitrogens with zero attached hydrogens (tertiary/aromatic N) is 1. The van der Waals surface area contributed by atoms with Gasteiger partial charge in [0, 0.05) is 25.2 Å². The summed E-state index contributed by atoms with van der Waals surface area (Å²) in [4.78, 5) is 2.37. The predicted octanol–water partition coefficient (Wildman–Crippen LogP) is 2.66. The van der Waals surface area contributed by atoms with E-state index >= 15 is 0 Å². The summed E-state index contributed by atoms with van der Waals surface area (Å²) in [5.74, 6) is 1.03. The molecule has 0 spiro atoms. The number of furan rings is 1. The zero-order valence-corrected chi connectivity index (χ0v) is 11.8. The molecule has 1 N–H and O–H groups in total. The maximum Gasteiger partial charge on any atom is 0.105 e. The van der Waals surface area contributed by atoms with Crippen LogP contribution in [0.25, 0.3) is 0 Å². The Labute approximate surface area is 105 Å². The summed E-state index contributed by atoms with van der Waals surface area (Å²) in [7, 11) is 4.20. The smallest absolute Gasteiger partial charge is 0.105 e. The van der Waals surface area contributed by atoms with Gasteiger partial charge in [0.1, 0.15) is 5.76 Å². The highest BCUT2D eigenvalue weighted by atomic mass is 16.3. The van der Waals surface area contributed by atoms with E-state index in [0.717, 1.165) is 25.4 Å². The molecule has 1 atom stereocenters. The van der Waals surface area contributed by atoms with Crippen molar-refractivity contribution in [1.82, 2.24) is 10.2 Å². The Morgan fingerprint density at radius 1 is 1.47 bits per heavy atom. The Morgan fingerprint density at radius 3 is 2.65 bits per heavy atom. The van der Waals surface area contributed by atoms with E-state index in [2.05, 4.69) is 37.2 Å². The van der Waals surface area contributed by atoms with Gasteiger partial charge in [0.05, 0.1) is 6.26 Å². The normalized spacial score (nSPS) is 15.2. The lowest BCUT2D eigenvalue weighted by Gasteiger charge is -2.32. The molecule has 0 aliphatic carbocycles. The quantitative estimate of drug-likeness (QED) is 0.791. The van der Waals surface area contributed by atoms with E-state index in [1.807, 2.05) is 14.0 Å². The van der Waals surface area contributed by atoms with Crippen molar-refractivity contribution in [2.24, 2.45) is 5.41 Å². The van der Waals surface area contributed by atoms with Crippen LogP contribution in [0.5, 0.6) is 0 Å². The van der Waals surface area contributed by atoms with Crippen molar-refractivity contribution >= 4 is 0 Å². The van der Waals surface area contributed by atoms with Gasteiger partial charge in [0.25, 0.3) is 0 Å². The van der Waals surface area contributed by atoms with Crippen LogP contribution < -0.4 is 5.32 Å². The predicted molar refractivity (Wildman–Crippen MR) is 72.1 cm³/mol. The minimum atomic E-state index is 0.334. The summed E-state index contributed by atoms with van der Waals surface area (Å²) >= 11 is 0. The first-order valence-corrected chi connectivity index (χ1v) is 6.37. The second-order valence-electron chi connectivity index (χ2n) is 5.37. The fourth-order valence-corrected chi connectivity index (χ4v) is 2.29. The molecule has 0 amide bonds. The van der Waals surface area contributed by atoms with Crippen molar-refractivity contribution in [3.63, 3.8) is 0 Å². The monoisotopic (exact) mass is 238 g/mol. The summed E-state index contributed by atoms with van der Waals surface area (Å²) in [6.45, 7) is 9.72. The van der Waals surface area contributed by atoms with Crippen LogP contribution in [0.2, 0.25) is 0 Å². The molecule has 1 heterocycles. The first kappa shape index (κ1) is 14.3. The van der Waals surface area contributed by atoms with Crippen LogP contribution in [0, 0.1) is 12.3 Å². The lowest BCUT2D eigenvalue weighted by Crippen LogP contribution is -2.39. The average Bonchev–Trinajstić information content (AvgIpc) is 2.64. The Hall–Kier alpha value is -0.800. The van der Waals surface area contributed by atoms with Crippen molar-refractivity contribution in [3.8, 4) is 0 Å². The van der Waals surface area contributed by atoms with Crippen molar-refractivity contribution in [2.45, 2.75) is 33.7 Å². The third-order valence-electron chi connectivity index (χ3n) is 3.52. The van der Waals surface area contributed by atoms with Crippen LogP contribution in [0.1, 0.15) is 31.6 Å². The fourth-order valence-electron chi connectivity index (χ4n) is 2.29. The molecule has 1 rings (SSSR count). The number of hydrogen-bond acceptors (Lipinski definition) is 3. The zero-order valence-electron chi connectivity index (χ0n) is 11.8. The molecule has 1 unspecified atom stereocenters. The van der Waals surface area contributed by atoms with Gasteiger partial charge in [-0.15, -0.1) is 0 Å². The second kappa shape index (κ2) is 6.22. The second-order valence-corrected chi connectivity index (χ2v) is 5.37. The summed E-state index contributed by atoms with van der Waals surface area (Å²) in [6, 6.07) is 2.06. The van der Waals surface area contributed by atoms with Crippen molar-refractivity contribution in [2.75, 3.05) is 27.2 Å². The van der Waals surface area contributed by atoms with Gasteiger partial charge >= 0.3 is 0 Å². The molecule has 0 aromatic carbocycles. The first-order valence-electron chi connectivity index (χ1n) is 6.37. The van der Waals surface area contributed by atoms with Crippen LogP contribution in [0.15, 0.2) is 16.7 Å². The van der Waals surface area contributed by atoms with E-state index in [1.165, 1.54) is 12.0 Å². The van der Waals surface area contributed by atoms with Crippen molar-refractivity contribution in [3.05, 3.63) is 23.7 Å². The molecule has 3 heteroatoms. The Kier molecular flexibility index (Phi) is 5.22. The van der Waals surface area contributed by atoms with Crippen molar-refractivity contribution < 1.29 is 4.42 Å². The fraction of sp³-hybridized carbons (Fsp3) is 0.714. The van der Waals surface area contributed by atoms with Gasteiger partial charge in [0.2, 0.25) is 0 Å². The van der Waals surface area contributed by atoms with Gasteiger partial charge < -0.3 is 14.6 Å². The highest BCUT2D eigenvalue weighted by Crippen LogP contribution is 2.22. The SMILES string of the molecule is CCC(C)(CNC)CN(C)Cc1ccoc1C. The molecule has 17 heavy (non-hydrogen) atoms. The third-order valence-corrected chi connectivity index (χ3v) is 3.52. The average molecular weight is 238 g/mol. The van der Waals surface area contributed by atoms with Crippen LogP contribution in [-0.4, -0.2) is 32.1 Å². The number of aryl methyl sites for hydroxylation is 1. The van der Waals surface area contributed by atoms with E-state index in [9.17, 15) is 0 Å². The van der Waals surface area contributed by atoms with Gasteiger partial charge in [-0.1, -0.05) is 13.8 Å². The van der Waals surface area contributed by atoms with Crippen LogP contribution >= 0.6 is 0 Å². The van der Waals surface area contributed by atoms with Crippen LogP contribution in [0.3, 0.4) is 0 Å². The molecule has 0 fully saturated rings. The molecular weight excluding hydrogens is 212 g/mol. The molecule has 0 bridgehead atoms. The van der Waals surface area contributed by atoms with Gasteiger partial charge in [-0.2, -0.15) is 0 Å². The highest BCUT2D eigenvalue weighted by Gasteiger charge is 2.23. The largest absolute Gasteiger partial charge is 0.469 e. The molecule has 1 aromatic heterocycles. The molecule has 0 saturated carbocycles. The van der Waals surface area contributed by atoms with E-state index in [4.69, 9.17) is 4.42 Å². The van der Waals surface area contributed by atoms with Crippen LogP contribution in [-0.2, 0) is 6.54 Å². The molecule has 98 valence electrons. The molecule has 3 nitrogen and oxygen atoms in total. The molecule has 0 radical (unpaired) electrons.